The average molecular weight is 296 g/mol. The van der Waals surface area contributed by atoms with E-state index in [1.807, 2.05) is 0 Å². The largest absolute Gasteiger partial charge is 0.342 e. The van der Waals surface area contributed by atoms with E-state index in [0.29, 0.717) is 25.9 Å². The minimum absolute atomic E-state index is 0.00411. The molecule has 6 heteroatoms. The van der Waals surface area contributed by atoms with Crippen LogP contribution in [0.1, 0.15) is 26.2 Å². The van der Waals surface area contributed by atoms with Crippen molar-refractivity contribution in [3.05, 3.63) is 29.8 Å². The topological polar surface area (TPSA) is 49.4 Å². The van der Waals surface area contributed by atoms with Crippen LogP contribution >= 0.6 is 0 Å². The van der Waals surface area contributed by atoms with Crippen molar-refractivity contribution in [3.63, 3.8) is 0 Å². The third-order valence-electron chi connectivity index (χ3n) is 3.63. The highest BCUT2D eigenvalue weighted by atomic mass is 19.1. The van der Waals surface area contributed by atoms with Crippen LogP contribution in [0.2, 0.25) is 0 Å². The van der Waals surface area contributed by atoms with E-state index in [1.54, 1.807) is 11.8 Å². The van der Waals surface area contributed by atoms with Gasteiger partial charge in [0.2, 0.25) is 11.8 Å². The van der Waals surface area contributed by atoms with Crippen LogP contribution in [0.5, 0.6) is 0 Å². The number of rotatable bonds is 3. The first kappa shape index (κ1) is 15.4. The fourth-order valence-electron chi connectivity index (χ4n) is 2.47. The number of likely N-dealkylation sites (tertiary alicyclic amines) is 1. The van der Waals surface area contributed by atoms with Gasteiger partial charge in [-0.15, -0.1) is 0 Å². The number of carbonyl (C=O) groups excluding carboxylic acids is 2. The molecule has 0 aliphatic carbocycles. The van der Waals surface area contributed by atoms with Gasteiger partial charge in [-0.3, -0.25) is 9.59 Å². The maximum Gasteiger partial charge on any atom is 0.229 e. The number of benzene rings is 1. The lowest BCUT2D eigenvalue weighted by molar-refractivity contribution is -0.134. The van der Waals surface area contributed by atoms with E-state index in [0.717, 1.165) is 24.6 Å². The third kappa shape index (κ3) is 3.77. The zero-order valence-electron chi connectivity index (χ0n) is 11.9. The summed E-state index contributed by atoms with van der Waals surface area (Å²) in [7, 11) is 0. The molecule has 1 aromatic carbocycles. The Hall–Kier alpha value is -1.98. The maximum absolute atomic E-state index is 13.5. The highest BCUT2D eigenvalue weighted by Crippen LogP contribution is 2.21. The van der Waals surface area contributed by atoms with Gasteiger partial charge in [-0.1, -0.05) is 6.92 Å². The Labute approximate surface area is 122 Å². The van der Waals surface area contributed by atoms with Crippen LogP contribution < -0.4 is 5.32 Å². The van der Waals surface area contributed by atoms with Crippen LogP contribution in [0.25, 0.3) is 0 Å². The van der Waals surface area contributed by atoms with Crippen molar-refractivity contribution in [2.45, 2.75) is 26.2 Å². The molecule has 4 nitrogen and oxygen atoms in total. The Balaban J connectivity index is 2.02. The summed E-state index contributed by atoms with van der Waals surface area (Å²) in [6, 6.07) is 2.91. The normalized spacial score (nSPS) is 18.4. The fourth-order valence-corrected chi connectivity index (χ4v) is 2.47. The maximum atomic E-state index is 13.5. The standard InChI is InChI=1S/C15H18F2N2O2/c1-2-14(20)19-7-3-4-10(9-19)15(21)18-13-8-11(16)5-6-12(13)17/h5-6,8,10H,2-4,7,9H2,1H3,(H,18,21). The van der Waals surface area contributed by atoms with Crippen molar-refractivity contribution in [1.29, 1.82) is 0 Å². The van der Waals surface area contributed by atoms with E-state index in [-0.39, 0.29) is 17.5 Å². The molecule has 0 radical (unpaired) electrons. The second kappa shape index (κ2) is 6.65. The molecule has 0 bridgehead atoms. The molecular weight excluding hydrogens is 278 g/mol. The van der Waals surface area contributed by atoms with E-state index in [1.165, 1.54) is 0 Å². The van der Waals surface area contributed by atoms with Crippen molar-refractivity contribution in [2.24, 2.45) is 5.92 Å². The lowest BCUT2D eigenvalue weighted by Gasteiger charge is -2.31. The van der Waals surface area contributed by atoms with Gasteiger partial charge in [0.1, 0.15) is 11.6 Å². The third-order valence-corrected chi connectivity index (χ3v) is 3.63. The Kier molecular flexibility index (Phi) is 4.88. The number of nitrogens with one attached hydrogen (secondary N) is 1. The molecule has 2 rings (SSSR count). The van der Waals surface area contributed by atoms with Crippen LogP contribution in [-0.2, 0) is 9.59 Å². The molecule has 1 saturated heterocycles. The molecule has 2 amide bonds. The van der Waals surface area contributed by atoms with Crippen molar-refractivity contribution in [1.82, 2.24) is 4.90 Å². The molecular formula is C15H18F2N2O2. The number of halogens is 2. The minimum Gasteiger partial charge on any atom is -0.342 e. The SMILES string of the molecule is CCC(=O)N1CCCC(C(=O)Nc2cc(F)ccc2F)C1. The lowest BCUT2D eigenvalue weighted by Crippen LogP contribution is -2.43. The van der Waals surface area contributed by atoms with Gasteiger partial charge in [-0.2, -0.15) is 0 Å². The smallest absolute Gasteiger partial charge is 0.229 e. The molecule has 1 aliphatic rings. The van der Waals surface area contributed by atoms with E-state index in [9.17, 15) is 18.4 Å². The van der Waals surface area contributed by atoms with Gasteiger partial charge in [0.25, 0.3) is 0 Å². The van der Waals surface area contributed by atoms with E-state index >= 15 is 0 Å². The summed E-state index contributed by atoms with van der Waals surface area (Å²) in [6.45, 7) is 2.74. The average Bonchev–Trinajstić information content (AvgIpc) is 2.50. The molecule has 0 spiro atoms. The first-order valence-electron chi connectivity index (χ1n) is 7.05. The predicted molar refractivity (Wildman–Crippen MR) is 74.6 cm³/mol. The van der Waals surface area contributed by atoms with Gasteiger partial charge < -0.3 is 10.2 Å². The fraction of sp³-hybridized carbons (Fsp3) is 0.467. The van der Waals surface area contributed by atoms with Crippen LogP contribution in [0.4, 0.5) is 14.5 Å². The number of carbonyl (C=O) groups is 2. The van der Waals surface area contributed by atoms with Crippen molar-refractivity contribution >= 4 is 17.5 Å². The molecule has 1 atom stereocenters. The molecule has 1 unspecified atom stereocenters. The van der Waals surface area contributed by atoms with Crippen LogP contribution in [0.15, 0.2) is 18.2 Å². The van der Waals surface area contributed by atoms with Gasteiger partial charge in [0.05, 0.1) is 11.6 Å². The molecule has 1 fully saturated rings. The molecule has 1 heterocycles. The number of hydrogen-bond acceptors (Lipinski definition) is 2. The number of piperidine rings is 1. The first-order chi connectivity index (χ1) is 10.0. The summed E-state index contributed by atoms with van der Waals surface area (Å²) in [6.07, 6.45) is 1.76. The van der Waals surface area contributed by atoms with Gasteiger partial charge in [-0.05, 0) is 25.0 Å². The Bertz CT molecular complexity index is 548. The summed E-state index contributed by atoms with van der Waals surface area (Å²) in [4.78, 5) is 25.5. The van der Waals surface area contributed by atoms with Gasteiger partial charge in [-0.25, -0.2) is 8.78 Å². The summed E-state index contributed by atoms with van der Waals surface area (Å²) >= 11 is 0. The molecule has 1 aliphatic heterocycles. The Morgan fingerprint density at radius 1 is 1.38 bits per heavy atom. The first-order valence-corrected chi connectivity index (χ1v) is 7.05. The van der Waals surface area contributed by atoms with Gasteiger partial charge in [0.15, 0.2) is 0 Å². The summed E-state index contributed by atoms with van der Waals surface area (Å²) in [5.41, 5.74) is -0.168. The summed E-state index contributed by atoms with van der Waals surface area (Å²) in [5, 5.41) is 2.41. The Morgan fingerprint density at radius 3 is 2.86 bits per heavy atom. The molecule has 21 heavy (non-hydrogen) atoms. The minimum atomic E-state index is -0.679. The molecule has 1 aromatic rings. The monoisotopic (exact) mass is 296 g/mol. The summed E-state index contributed by atoms with van der Waals surface area (Å²) < 4.78 is 26.6. The zero-order chi connectivity index (χ0) is 15.4. The summed E-state index contributed by atoms with van der Waals surface area (Å²) in [5.74, 6) is -2.06. The highest BCUT2D eigenvalue weighted by molar-refractivity contribution is 5.93. The van der Waals surface area contributed by atoms with Crippen LogP contribution in [0.3, 0.4) is 0 Å². The van der Waals surface area contributed by atoms with E-state index in [4.69, 9.17) is 0 Å². The number of amides is 2. The number of hydrogen-bond donors (Lipinski definition) is 1. The quantitative estimate of drug-likeness (QED) is 0.932. The Morgan fingerprint density at radius 2 is 2.14 bits per heavy atom. The molecule has 114 valence electrons. The number of anilines is 1. The molecule has 1 N–H and O–H groups in total. The zero-order valence-corrected chi connectivity index (χ0v) is 11.9. The van der Waals surface area contributed by atoms with Gasteiger partial charge >= 0.3 is 0 Å². The van der Waals surface area contributed by atoms with Gasteiger partial charge in [0, 0.05) is 25.6 Å². The molecule has 0 saturated carbocycles. The van der Waals surface area contributed by atoms with E-state index in [2.05, 4.69) is 5.32 Å². The second-order valence-corrected chi connectivity index (χ2v) is 5.15. The predicted octanol–water partition coefficient (Wildman–Crippen LogP) is 2.55. The van der Waals surface area contributed by atoms with Crippen molar-refractivity contribution in [3.8, 4) is 0 Å². The highest BCUT2D eigenvalue weighted by Gasteiger charge is 2.28. The lowest BCUT2D eigenvalue weighted by atomic mass is 9.96. The van der Waals surface area contributed by atoms with Crippen molar-refractivity contribution in [2.75, 3.05) is 18.4 Å². The van der Waals surface area contributed by atoms with Crippen molar-refractivity contribution < 1.29 is 18.4 Å². The van der Waals surface area contributed by atoms with Crippen LogP contribution in [0, 0.1) is 17.6 Å². The van der Waals surface area contributed by atoms with Crippen LogP contribution in [-0.4, -0.2) is 29.8 Å². The van der Waals surface area contributed by atoms with E-state index < -0.39 is 17.6 Å². The second-order valence-electron chi connectivity index (χ2n) is 5.15. The molecule has 0 aromatic heterocycles. The number of nitrogens with zero attached hydrogens (tertiary/aromatic N) is 1.